The fraction of sp³-hybridized carbons (Fsp3) is 0.364. The number of phenolic OH excluding ortho intramolecular Hbond substituents is 1. The quantitative estimate of drug-likeness (QED) is 0.592. The lowest BCUT2D eigenvalue weighted by Crippen LogP contribution is -2.41. The summed E-state index contributed by atoms with van der Waals surface area (Å²) in [5.41, 5.74) is 2.22. The van der Waals surface area contributed by atoms with Crippen molar-refractivity contribution in [2.75, 3.05) is 13.1 Å². The summed E-state index contributed by atoms with van der Waals surface area (Å²) < 4.78 is 13.5. The van der Waals surface area contributed by atoms with Crippen LogP contribution in [0.2, 0.25) is 0 Å². The number of aliphatic carboxylic acids is 1. The molecule has 2 aromatic carbocycles. The normalized spacial score (nSPS) is 20.2. The molecule has 1 fully saturated rings. The molecular weight excluding hydrogens is 373 g/mol. The van der Waals surface area contributed by atoms with E-state index >= 15 is 0 Å². The van der Waals surface area contributed by atoms with E-state index in [9.17, 15) is 19.4 Å². The Balaban J connectivity index is 1.52. The van der Waals surface area contributed by atoms with E-state index in [4.69, 9.17) is 0 Å². The number of rotatable bonds is 6. The molecule has 1 aliphatic heterocycles. The van der Waals surface area contributed by atoms with Gasteiger partial charge in [-0.05, 0) is 49.1 Å². The van der Waals surface area contributed by atoms with Gasteiger partial charge in [0, 0.05) is 31.5 Å². The number of para-hydroxylation sites is 1. The molecule has 1 saturated heterocycles. The van der Waals surface area contributed by atoms with Gasteiger partial charge in [-0.3, -0.25) is 9.69 Å². The standard InChI is InChI=1S/C22H24FN3O3/c23-17-5-6-18-19(11-17)25-21(24-18)9-16-13-26(8-7-14(16)10-22(28)29)12-15-3-1-2-4-20(15)27/h1-6,11,14,16,27H,7-10,12-13H2,(H,24,25)(H,28,29)/t14-,16-/m0/s1. The Morgan fingerprint density at radius 2 is 2.07 bits per heavy atom. The van der Waals surface area contributed by atoms with Crippen LogP contribution in [0.4, 0.5) is 4.39 Å². The summed E-state index contributed by atoms with van der Waals surface area (Å²) in [6.45, 7) is 2.13. The van der Waals surface area contributed by atoms with Crippen LogP contribution >= 0.6 is 0 Å². The minimum atomic E-state index is -0.791. The van der Waals surface area contributed by atoms with Crippen LogP contribution in [0.1, 0.15) is 24.2 Å². The summed E-state index contributed by atoms with van der Waals surface area (Å²) >= 11 is 0. The van der Waals surface area contributed by atoms with Crippen molar-refractivity contribution in [2.45, 2.75) is 25.8 Å². The molecule has 7 heteroatoms. The highest BCUT2D eigenvalue weighted by Crippen LogP contribution is 2.31. The Bertz CT molecular complexity index is 1020. The second-order valence-electron chi connectivity index (χ2n) is 7.82. The number of hydrogen-bond donors (Lipinski definition) is 3. The molecular formula is C22H24FN3O3. The SMILES string of the molecule is O=C(O)C[C@@H]1CCN(Cc2ccccc2O)C[C@@H]1Cc1nc2ccc(F)cc2[nH]1. The topological polar surface area (TPSA) is 89.4 Å². The number of halogens is 1. The van der Waals surface area contributed by atoms with Crippen molar-refractivity contribution in [3.63, 3.8) is 0 Å². The van der Waals surface area contributed by atoms with E-state index in [-0.39, 0.29) is 29.8 Å². The first-order valence-corrected chi connectivity index (χ1v) is 9.83. The number of aromatic hydroxyl groups is 1. The zero-order valence-corrected chi connectivity index (χ0v) is 16.0. The van der Waals surface area contributed by atoms with Crippen LogP contribution < -0.4 is 0 Å². The number of carboxylic acids is 1. The van der Waals surface area contributed by atoms with E-state index < -0.39 is 5.97 Å². The maximum absolute atomic E-state index is 13.5. The predicted octanol–water partition coefficient (Wildman–Crippen LogP) is 3.56. The van der Waals surface area contributed by atoms with Gasteiger partial charge in [0.25, 0.3) is 0 Å². The van der Waals surface area contributed by atoms with Crippen LogP contribution in [0.5, 0.6) is 5.75 Å². The van der Waals surface area contributed by atoms with E-state index in [2.05, 4.69) is 14.9 Å². The number of carbonyl (C=O) groups is 1. The number of piperidine rings is 1. The van der Waals surface area contributed by atoms with Gasteiger partial charge in [0.05, 0.1) is 11.0 Å². The fourth-order valence-corrected chi connectivity index (χ4v) is 4.29. The van der Waals surface area contributed by atoms with Crippen molar-refractivity contribution in [2.24, 2.45) is 11.8 Å². The van der Waals surface area contributed by atoms with Crippen molar-refractivity contribution in [3.8, 4) is 5.75 Å². The highest BCUT2D eigenvalue weighted by atomic mass is 19.1. The molecule has 6 nitrogen and oxygen atoms in total. The fourth-order valence-electron chi connectivity index (χ4n) is 4.29. The van der Waals surface area contributed by atoms with Crippen molar-refractivity contribution >= 4 is 17.0 Å². The second-order valence-corrected chi connectivity index (χ2v) is 7.82. The molecule has 0 radical (unpaired) electrons. The van der Waals surface area contributed by atoms with E-state index in [0.717, 1.165) is 30.9 Å². The Morgan fingerprint density at radius 3 is 2.86 bits per heavy atom. The molecule has 0 saturated carbocycles. The molecule has 29 heavy (non-hydrogen) atoms. The Hall–Kier alpha value is -2.93. The molecule has 4 rings (SSSR count). The number of fused-ring (bicyclic) bond motifs is 1. The molecule has 2 heterocycles. The summed E-state index contributed by atoms with van der Waals surface area (Å²) in [7, 11) is 0. The summed E-state index contributed by atoms with van der Waals surface area (Å²) in [5, 5.41) is 19.4. The number of aromatic nitrogens is 2. The van der Waals surface area contributed by atoms with Crippen molar-refractivity contribution in [1.29, 1.82) is 0 Å². The molecule has 0 unspecified atom stereocenters. The van der Waals surface area contributed by atoms with E-state index in [0.29, 0.717) is 24.0 Å². The lowest BCUT2D eigenvalue weighted by atomic mass is 9.81. The summed E-state index contributed by atoms with van der Waals surface area (Å²) in [5.74, 6) is 0.0735. The highest BCUT2D eigenvalue weighted by molar-refractivity contribution is 5.74. The number of H-pyrrole nitrogens is 1. The first-order valence-electron chi connectivity index (χ1n) is 9.83. The third-order valence-corrected chi connectivity index (χ3v) is 5.75. The number of carboxylic acid groups (broad SMARTS) is 1. The van der Waals surface area contributed by atoms with Crippen molar-refractivity contribution < 1.29 is 19.4 Å². The van der Waals surface area contributed by atoms with Crippen molar-refractivity contribution in [3.05, 3.63) is 59.7 Å². The zero-order chi connectivity index (χ0) is 20.4. The number of benzene rings is 2. The van der Waals surface area contributed by atoms with Crippen LogP contribution in [-0.4, -0.2) is 44.1 Å². The third kappa shape index (κ3) is 4.56. The number of hydrogen-bond acceptors (Lipinski definition) is 4. The minimum absolute atomic E-state index is 0.0538. The summed E-state index contributed by atoms with van der Waals surface area (Å²) in [4.78, 5) is 21.3. The molecule has 0 spiro atoms. The van der Waals surface area contributed by atoms with Gasteiger partial charge < -0.3 is 15.2 Å². The Morgan fingerprint density at radius 1 is 1.24 bits per heavy atom. The van der Waals surface area contributed by atoms with Gasteiger partial charge in [0.1, 0.15) is 17.4 Å². The van der Waals surface area contributed by atoms with E-state index in [1.54, 1.807) is 18.2 Å². The summed E-state index contributed by atoms with van der Waals surface area (Å²) in [6.07, 6.45) is 1.51. The smallest absolute Gasteiger partial charge is 0.303 e. The number of phenols is 1. The average Bonchev–Trinajstić information content (AvgIpc) is 3.06. The molecule has 2 atom stereocenters. The zero-order valence-electron chi connectivity index (χ0n) is 16.0. The van der Waals surface area contributed by atoms with Crippen molar-refractivity contribution in [1.82, 2.24) is 14.9 Å². The molecule has 3 aromatic rings. The lowest BCUT2D eigenvalue weighted by molar-refractivity contribution is -0.139. The number of nitrogens with one attached hydrogen (secondary N) is 1. The number of aromatic amines is 1. The maximum Gasteiger partial charge on any atom is 0.303 e. The maximum atomic E-state index is 13.5. The third-order valence-electron chi connectivity index (χ3n) is 5.75. The Labute approximate surface area is 168 Å². The lowest BCUT2D eigenvalue weighted by Gasteiger charge is -2.38. The minimum Gasteiger partial charge on any atom is -0.508 e. The second kappa shape index (κ2) is 8.21. The van der Waals surface area contributed by atoms with Crippen LogP contribution in [0.3, 0.4) is 0 Å². The first kappa shape index (κ1) is 19.4. The van der Waals surface area contributed by atoms with Gasteiger partial charge in [-0.25, -0.2) is 9.37 Å². The van der Waals surface area contributed by atoms with Gasteiger partial charge in [-0.1, -0.05) is 18.2 Å². The number of nitrogens with zero attached hydrogens (tertiary/aromatic N) is 2. The molecule has 0 aliphatic carbocycles. The monoisotopic (exact) mass is 397 g/mol. The van der Waals surface area contributed by atoms with Gasteiger partial charge in [0.2, 0.25) is 0 Å². The molecule has 0 bridgehead atoms. The molecule has 1 aliphatic rings. The van der Waals surface area contributed by atoms with Gasteiger partial charge in [0.15, 0.2) is 0 Å². The molecule has 1 aromatic heterocycles. The molecule has 3 N–H and O–H groups in total. The largest absolute Gasteiger partial charge is 0.508 e. The van der Waals surface area contributed by atoms with Gasteiger partial charge >= 0.3 is 5.97 Å². The molecule has 0 amide bonds. The van der Waals surface area contributed by atoms with Crippen LogP contribution in [-0.2, 0) is 17.8 Å². The predicted molar refractivity (Wildman–Crippen MR) is 107 cm³/mol. The average molecular weight is 397 g/mol. The van der Waals surface area contributed by atoms with Gasteiger partial charge in [-0.2, -0.15) is 0 Å². The van der Waals surface area contributed by atoms with E-state index in [1.807, 2.05) is 12.1 Å². The van der Waals surface area contributed by atoms with Crippen LogP contribution in [0.25, 0.3) is 11.0 Å². The molecule has 152 valence electrons. The number of likely N-dealkylation sites (tertiary alicyclic amines) is 1. The number of imidazole rings is 1. The van der Waals surface area contributed by atoms with Crippen LogP contribution in [0, 0.1) is 17.7 Å². The highest BCUT2D eigenvalue weighted by Gasteiger charge is 2.31. The van der Waals surface area contributed by atoms with Gasteiger partial charge in [-0.15, -0.1) is 0 Å². The Kier molecular flexibility index (Phi) is 5.49. The summed E-state index contributed by atoms with van der Waals surface area (Å²) in [6, 6.07) is 11.7. The van der Waals surface area contributed by atoms with E-state index in [1.165, 1.54) is 12.1 Å². The van der Waals surface area contributed by atoms with Crippen LogP contribution in [0.15, 0.2) is 42.5 Å². The first-order chi connectivity index (χ1) is 14.0.